The zero-order valence-electron chi connectivity index (χ0n) is 11.4. The van der Waals surface area contributed by atoms with Gasteiger partial charge < -0.3 is 9.84 Å². The summed E-state index contributed by atoms with van der Waals surface area (Å²) in [6.07, 6.45) is 0. The lowest BCUT2D eigenvalue weighted by Gasteiger charge is -2.25. The highest BCUT2D eigenvalue weighted by Gasteiger charge is 2.16. The summed E-state index contributed by atoms with van der Waals surface area (Å²) in [6.45, 7) is 6.44. The molecule has 1 aromatic heterocycles. The van der Waals surface area contributed by atoms with Crippen LogP contribution in [0.3, 0.4) is 0 Å². The third-order valence-electron chi connectivity index (χ3n) is 3.48. The van der Waals surface area contributed by atoms with Crippen LogP contribution in [0.15, 0.2) is 22.7 Å². The van der Waals surface area contributed by atoms with Crippen LogP contribution in [0.4, 0.5) is 4.39 Å². The Hall–Kier alpha value is -1.79. The molecular weight excluding hydrogens is 259 g/mol. The molecule has 5 nitrogen and oxygen atoms in total. The minimum Gasteiger partial charge on any atom is -0.338 e. The van der Waals surface area contributed by atoms with Crippen molar-refractivity contribution < 1.29 is 8.91 Å². The van der Waals surface area contributed by atoms with E-state index in [-0.39, 0.29) is 5.82 Å². The van der Waals surface area contributed by atoms with Crippen LogP contribution in [0.1, 0.15) is 11.5 Å². The molecule has 2 heterocycles. The van der Waals surface area contributed by atoms with Crippen LogP contribution in [0.2, 0.25) is 0 Å². The molecule has 106 valence electrons. The molecule has 0 unspecified atom stereocenters. The highest BCUT2D eigenvalue weighted by Crippen LogP contribution is 2.21. The van der Waals surface area contributed by atoms with Crippen molar-refractivity contribution >= 4 is 0 Å². The molecule has 1 aliphatic rings. The van der Waals surface area contributed by atoms with Crippen LogP contribution >= 0.6 is 0 Å². The predicted molar refractivity (Wildman–Crippen MR) is 72.6 cm³/mol. The fourth-order valence-corrected chi connectivity index (χ4v) is 2.32. The lowest BCUT2D eigenvalue weighted by atomic mass is 10.1. The summed E-state index contributed by atoms with van der Waals surface area (Å²) in [6, 6.07) is 4.59. The minimum absolute atomic E-state index is 0.293. The van der Waals surface area contributed by atoms with E-state index in [2.05, 4.69) is 20.4 Å². The Morgan fingerprint density at radius 3 is 2.95 bits per heavy atom. The molecule has 6 heteroatoms. The number of piperazine rings is 1. The van der Waals surface area contributed by atoms with Crippen molar-refractivity contribution in [2.75, 3.05) is 26.2 Å². The topological polar surface area (TPSA) is 54.2 Å². The third kappa shape index (κ3) is 2.86. The number of nitrogens with one attached hydrogen (secondary N) is 1. The molecule has 0 amide bonds. The zero-order chi connectivity index (χ0) is 13.9. The lowest BCUT2D eigenvalue weighted by molar-refractivity contribution is 0.203. The van der Waals surface area contributed by atoms with E-state index < -0.39 is 0 Å². The molecule has 1 aliphatic heterocycles. The molecule has 0 radical (unpaired) electrons. The summed E-state index contributed by atoms with van der Waals surface area (Å²) in [7, 11) is 0. The number of nitrogens with zero attached hydrogens (tertiary/aromatic N) is 3. The van der Waals surface area contributed by atoms with Gasteiger partial charge in [0.1, 0.15) is 5.82 Å². The van der Waals surface area contributed by atoms with Gasteiger partial charge in [0.15, 0.2) is 0 Å². The molecule has 1 aromatic carbocycles. The zero-order valence-corrected chi connectivity index (χ0v) is 11.4. The van der Waals surface area contributed by atoms with Gasteiger partial charge in [0.2, 0.25) is 11.7 Å². The number of halogens is 1. The Bertz CT molecular complexity index is 593. The summed E-state index contributed by atoms with van der Waals surface area (Å²) >= 11 is 0. The van der Waals surface area contributed by atoms with Gasteiger partial charge in [-0.05, 0) is 24.6 Å². The molecule has 1 fully saturated rings. The van der Waals surface area contributed by atoms with Gasteiger partial charge in [0.25, 0.3) is 0 Å². The van der Waals surface area contributed by atoms with E-state index in [1.54, 1.807) is 6.07 Å². The fraction of sp³-hybridized carbons (Fsp3) is 0.429. The molecule has 3 rings (SSSR count). The number of aryl methyl sites for hydroxylation is 1. The van der Waals surface area contributed by atoms with Crippen molar-refractivity contribution in [1.29, 1.82) is 0 Å². The van der Waals surface area contributed by atoms with Crippen molar-refractivity contribution in [2.45, 2.75) is 13.5 Å². The number of aromatic nitrogens is 2. The average Bonchev–Trinajstić information content (AvgIpc) is 2.91. The van der Waals surface area contributed by atoms with Crippen molar-refractivity contribution in [3.8, 4) is 11.4 Å². The quantitative estimate of drug-likeness (QED) is 0.922. The second-order valence-electron chi connectivity index (χ2n) is 5.00. The van der Waals surface area contributed by atoms with Crippen LogP contribution in [-0.4, -0.2) is 41.2 Å². The lowest BCUT2D eigenvalue weighted by Crippen LogP contribution is -2.42. The second-order valence-corrected chi connectivity index (χ2v) is 5.00. The monoisotopic (exact) mass is 276 g/mol. The van der Waals surface area contributed by atoms with Gasteiger partial charge in [-0.25, -0.2) is 4.39 Å². The summed E-state index contributed by atoms with van der Waals surface area (Å²) in [4.78, 5) is 6.63. The maximum atomic E-state index is 13.3. The number of hydrogen-bond acceptors (Lipinski definition) is 5. The highest BCUT2D eigenvalue weighted by atomic mass is 19.1. The van der Waals surface area contributed by atoms with Crippen LogP contribution in [0, 0.1) is 12.7 Å². The number of benzene rings is 1. The molecule has 2 aromatic rings. The molecule has 1 saturated heterocycles. The first-order valence-corrected chi connectivity index (χ1v) is 6.74. The van der Waals surface area contributed by atoms with Gasteiger partial charge >= 0.3 is 0 Å². The molecule has 0 atom stereocenters. The van der Waals surface area contributed by atoms with E-state index in [0.29, 0.717) is 23.8 Å². The van der Waals surface area contributed by atoms with E-state index in [0.717, 1.165) is 31.7 Å². The number of hydrogen-bond donors (Lipinski definition) is 1. The van der Waals surface area contributed by atoms with E-state index >= 15 is 0 Å². The fourth-order valence-electron chi connectivity index (χ4n) is 2.32. The molecule has 0 aliphatic carbocycles. The Balaban J connectivity index is 1.77. The Labute approximate surface area is 116 Å². The first-order chi connectivity index (χ1) is 9.72. The van der Waals surface area contributed by atoms with Gasteiger partial charge in [-0.2, -0.15) is 4.98 Å². The predicted octanol–water partition coefficient (Wildman–Crippen LogP) is 1.59. The summed E-state index contributed by atoms with van der Waals surface area (Å²) in [5, 5.41) is 7.25. The molecule has 0 spiro atoms. The average molecular weight is 276 g/mol. The minimum atomic E-state index is -0.293. The Kier molecular flexibility index (Phi) is 3.75. The molecule has 0 saturated carbocycles. The Morgan fingerprint density at radius 1 is 1.35 bits per heavy atom. The SMILES string of the molecule is Cc1ccc(F)cc1-c1noc(CN2CCNCC2)n1. The molecule has 1 N–H and O–H groups in total. The summed E-state index contributed by atoms with van der Waals surface area (Å²) < 4.78 is 18.6. The van der Waals surface area contributed by atoms with E-state index in [4.69, 9.17) is 4.52 Å². The van der Waals surface area contributed by atoms with Gasteiger partial charge in [-0.3, -0.25) is 4.90 Å². The van der Waals surface area contributed by atoms with Crippen molar-refractivity contribution in [3.05, 3.63) is 35.5 Å². The van der Waals surface area contributed by atoms with Gasteiger partial charge in [0, 0.05) is 31.7 Å². The second kappa shape index (κ2) is 5.68. The Morgan fingerprint density at radius 2 is 2.15 bits per heavy atom. The van der Waals surface area contributed by atoms with Crippen LogP contribution in [0.5, 0.6) is 0 Å². The standard InChI is InChI=1S/C14H17FN4O/c1-10-2-3-11(15)8-12(10)14-17-13(20-18-14)9-19-6-4-16-5-7-19/h2-3,8,16H,4-7,9H2,1H3. The van der Waals surface area contributed by atoms with E-state index in [1.165, 1.54) is 12.1 Å². The molecule has 0 bridgehead atoms. The van der Waals surface area contributed by atoms with Gasteiger partial charge in [-0.15, -0.1) is 0 Å². The first-order valence-electron chi connectivity index (χ1n) is 6.74. The first kappa shape index (κ1) is 13.2. The van der Waals surface area contributed by atoms with Crippen molar-refractivity contribution in [1.82, 2.24) is 20.4 Å². The maximum Gasteiger partial charge on any atom is 0.241 e. The smallest absolute Gasteiger partial charge is 0.241 e. The molecular formula is C14H17FN4O. The molecule has 20 heavy (non-hydrogen) atoms. The maximum absolute atomic E-state index is 13.3. The highest BCUT2D eigenvalue weighted by molar-refractivity contribution is 5.59. The largest absolute Gasteiger partial charge is 0.338 e. The van der Waals surface area contributed by atoms with E-state index in [9.17, 15) is 4.39 Å². The summed E-state index contributed by atoms with van der Waals surface area (Å²) in [5.74, 6) is 0.733. The normalized spacial score (nSPS) is 16.5. The van der Waals surface area contributed by atoms with Crippen LogP contribution < -0.4 is 5.32 Å². The van der Waals surface area contributed by atoms with Crippen molar-refractivity contribution in [3.63, 3.8) is 0 Å². The van der Waals surface area contributed by atoms with E-state index in [1.807, 2.05) is 6.92 Å². The van der Waals surface area contributed by atoms with Crippen LogP contribution in [0.25, 0.3) is 11.4 Å². The number of rotatable bonds is 3. The third-order valence-corrected chi connectivity index (χ3v) is 3.48. The van der Waals surface area contributed by atoms with Crippen LogP contribution in [-0.2, 0) is 6.54 Å². The van der Waals surface area contributed by atoms with Crippen molar-refractivity contribution in [2.24, 2.45) is 0 Å². The summed E-state index contributed by atoms with van der Waals surface area (Å²) in [5.41, 5.74) is 1.61. The van der Waals surface area contributed by atoms with Gasteiger partial charge in [0.05, 0.1) is 6.54 Å². The van der Waals surface area contributed by atoms with Gasteiger partial charge in [-0.1, -0.05) is 11.2 Å².